The van der Waals surface area contributed by atoms with Gasteiger partial charge >= 0.3 is 0 Å². The Morgan fingerprint density at radius 1 is 1.21 bits per heavy atom. The van der Waals surface area contributed by atoms with Gasteiger partial charge in [0, 0.05) is 24.7 Å². The Balaban J connectivity index is 2.02. The predicted octanol–water partition coefficient (Wildman–Crippen LogP) is 3.81. The first-order valence-electron chi connectivity index (χ1n) is 8.70. The molecule has 1 spiro atoms. The summed E-state index contributed by atoms with van der Waals surface area (Å²) < 4.78 is 0. The molecule has 1 aliphatic carbocycles. The minimum Gasteiger partial charge on any atom is -0.311 e. The average molecular weight is 266 g/mol. The van der Waals surface area contributed by atoms with Gasteiger partial charge in [0.05, 0.1) is 0 Å². The van der Waals surface area contributed by atoms with Crippen LogP contribution in [0.15, 0.2) is 0 Å². The lowest BCUT2D eigenvalue weighted by atomic mass is 9.77. The molecule has 1 saturated heterocycles. The fourth-order valence-corrected chi connectivity index (χ4v) is 3.97. The van der Waals surface area contributed by atoms with Crippen molar-refractivity contribution in [2.24, 2.45) is 5.92 Å². The van der Waals surface area contributed by atoms with Crippen molar-refractivity contribution >= 4 is 0 Å². The van der Waals surface area contributed by atoms with Crippen molar-refractivity contribution in [2.45, 2.75) is 83.7 Å². The van der Waals surface area contributed by atoms with Crippen LogP contribution in [0.5, 0.6) is 0 Å². The number of unbranched alkanes of at least 4 members (excludes halogenated alkanes) is 1. The van der Waals surface area contributed by atoms with E-state index in [1.54, 1.807) is 0 Å². The molecule has 0 aromatic carbocycles. The van der Waals surface area contributed by atoms with Crippen LogP contribution < -0.4 is 5.32 Å². The Kier molecular flexibility index (Phi) is 5.70. The van der Waals surface area contributed by atoms with E-state index in [0.717, 1.165) is 12.0 Å². The van der Waals surface area contributed by atoms with Crippen molar-refractivity contribution in [3.63, 3.8) is 0 Å². The van der Waals surface area contributed by atoms with E-state index >= 15 is 0 Å². The number of hydrogen-bond donors (Lipinski definition) is 1. The standard InChI is InChI=1S/C17H34N2/c1-4-6-12-19-13-16(15(3)5-2)18-14-17(19)10-8-7-9-11-17/h15-16,18H,4-14H2,1-3H3. The normalized spacial score (nSPS) is 29.5. The van der Waals surface area contributed by atoms with Crippen LogP contribution in [0.25, 0.3) is 0 Å². The Morgan fingerprint density at radius 3 is 2.58 bits per heavy atom. The second kappa shape index (κ2) is 7.08. The molecular formula is C17H34N2. The third kappa shape index (κ3) is 3.52. The number of hydrogen-bond acceptors (Lipinski definition) is 2. The van der Waals surface area contributed by atoms with E-state index in [2.05, 4.69) is 31.0 Å². The minimum atomic E-state index is 0.511. The van der Waals surface area contributed by atoms with Crippen LogP contribution in [0.3, 0.4) is 0 Å². The van der Waals surface area contributed by atoms with Crippen LogP contribution >= 0.6 is 0 Å². The molecule has 1 aliphatic heterocycles. The van der Waals surface area contributed by atoms with Crippen LogP contribution in [0.4, 0.5) is 0 Å². The molecule has 0 aromatic rings. The first-order valence-corrected chi connectivity index (χ1v) is 8.70. The topological polar surface area (TPSA) is 15.3 Å². The van der Waals surface area contributed by atoms with Gasteiger partial charge in [-0.15, -0.1) is 0 Å². The molecule has 2 heteroatoms. The molecule has 19 heavy (non-hydrogen) atoms. The maximum absolute atomic E-state index is 3.90. The van der Waals surface area contributed by atoms with Gasteiger partial charge in [0.15, 0.2) is 0 Å². The highest BCUT2D eigenvalue weighted by atomic mass is 15.3. The van der Waals surface area contributed by atoms with Gasteiger partial charge in [-0.05, 0) is 31.7 Å². The Labute approximate surface area is 120 Å². The molecule has 2 fully saturated rings. The summed E-state index contributed by atoms with van der Waals surface area (Å²) in [4.78, 5) is 2.88. The van der Waals surface area contributed by atoms with Crippen molar-refractivity contribution in [3.05, 3.63) is 0 Å². The van der Waals surface area contributed by atoms with Gasteiger partial charge < -0.3 is 5.32 Å². The molecular weight excluding hydrogens is 232 g/mol. The van der Waals surface area contributed by atoms with Crippen LogP contribution in [0.1, 0.15) is 72.1 Å². The summed E-state index contributed by atoms with van der Waals surface area (Å²) >= 11 is 0. The third-order valence-corrected chi connectivity index (χ3v) is 5.68. The van der Waals surface area contributed by atoms with E-state index in [-0.39, 0.29) is 0 Å². The highest BCUT2D eigenvalue weighted by Crippen LogP contribution is 2.36. The quantitative estimate of drug-likeness (QED) is 0.814. The molecule has 2 unspecified atom stereocenters. The maximum atomic E-state index is 3.90. The van der Waals surface area contributed by atoms with E-state index in [0.29, 0.717) is 5.54 Å². The van der Waals surface area contributed by atoms with Crippen molar-refractivity contribution in [2.75, 3.05) is 19.6 Å². The number of nitrogens with one attached hydrogen (secondary N) is 1. The number of piperazine rings is 1. The van der Waals surface area contributed by atoms with E-state index in [9.17, 15) is 0 Å². The zero-order valence-electron chi connectivity index (χ0n) is 13.4. The largest absolute Gasteiger partial charge is 0.311 e. The predicted molar refractivity (Wildman–Crippen MR) is 83.5 cm³/mol. The average Bonchev–Trinajstić information content (AvgIpc) is 2.46. The second-order valence-electron chi connectivity index (χ2n) is 6.96. The van der Waals surface area contributed by atoms with Gasteiger partial charge in [-0.2, -0.15) is 0 Å². The lowest BCUT2D eigenvalue weighted by molar-refractivity contribution is -0.000314. The molecule has 2 rings (SSSR count). The number of nitrogens with zero attached hydrogens (tertiary/aromatic N) is 1. The molecule has 0 radical (unpaired) electrons. The lowest BCUT2D eigenvalue weighted by Crippen LogP contribution is -2.66. The van der Waals surface area contributed by atoms with Gasteiger partial charge in [-0.1, -0.05) is 52.9 Å². The third-order valence-electron chi connectivity index (χ3n) is 5.68. The molecule has 2 aliphatic rings. The summed E-state index contributed by atoms with van der Waals surface area (Å²) in [5.74, 6) is 0.810. The molecule has 2 nitrogen and oxygen atoms in total. The Morgan fingerprint density at radius 2 is 1.95 bits per heavy atom. The van der Waals surface area contributed by atoms with E-state index in [1.807, 2.05) is 0 Å². The lowest BCUT2D eigenvalue weighted by Gasteiger charge is -2.53. The summed E-state index contributed by atoms with van der Waals surface area (Å²) in [5.41, 5.74) is 0.511. The fourth-order valence-electron chi connectivity index (χ4n) is 3.97. The van der Waals surface area contributed by atoms with Gasteiger partial charge in [0.25, 0.3) is 0 Å². The summed E-state index contributed by atoms with van der Waals surface area (Å²) in [6, 6.07) is 0.717. The monoisotopic (exact) mass is 266 g/mol. The van der Waals surface area contributed by atoms with Crippen LogP contribution in [-0.2, 0) is 0 Å². The molecule has 0 amide bonds. The van der Waals surface area contributed by atoms with Gasteiger partial charge in [0.1, 0.15) is 0 Å². The van der Waals surface area contributed by atoms with Crippen LogP contribution in [0, 0.1) is 5.92 Å². The van der Waals surface area contributed by atoms with Gasteiger partial charge in [0.2, 0.25) is 0 Å². The van der Waals surface area contributed by atoms with Crippen molar-refractivity contribution in [1.82, 2.24) is 10.2 Å². The Hall–Kier alpha value is -0.0800. The van der Waals surface area contributed by atoms with Crippen LogP contribution in [-0.4, -0.2) is 36.1 Å². The molecule has 0 bridgehead atoms. The highest BCUT2D eigenvalue weighted by molar-refractivity contribution is 5.01. The van der Waals surface area contributed by atoms with Crippen molar-refractivity contribution in [3.8, 4) is 0 Å². The zero-order chi connectivity index (χ0) is 13.7. The number of rotatable bonds is 5. The summed E-state index contributed by atoms with van der Waals surface area (Å²) in [5, 5.41) is 3.90. The molecule has 0 aromatic heterocycles. The first kappa shape index (κ1) is 15.3. The second-order valence-corrected chi connectivity index (χ2v) is 6.96. The Bertz CT molecular complexity index is 258. The van der Waals surface area contributed by atoms with E-state index in [1.165, 1.54) is 71.0 Å². The molecule has 2 atom stereocenters. The molecule has 1 heterocycles. The van der Waals surface area contributed by atoms with Crippen molar-refractivity contribution in [1.29, 1.82) is 0 Å². The zero-order valence-corrected chi connectivity index (χ0v) is 13.4. The highest BCUT2D eigenvalue weighted by Gasteiger charge is 2.42. The molecule has 1 N–H and O–H groups in total. The van der Waals surface area contributed by atoms with Gasteiger partial charge in [-0.3, -0.25) is 4.90 Å². The minimum absolute atomic E-state index is 0.511. The molecule has 1 saturated carbocycles. The fraction of sp³-hybridized carbons (Fsp3) is 1.00. The maximum Gasteiger partial charge on any atom is 0.0334 e. The van der Waals surface area contributed by atoms with E-state index < -0.39 is 0 Å². The molecule has 112 valence electrons. The van der Waals surface area contributed by atoms with Crippen LogP contribution in [0.2, 0.25) is 0 Å². The van der Waals surface area contributed by atoms with Crippen molar-refractivity contribution < 1.29 is 0 Å². The smallest absolute Gasteiger partial charge is 0.0334 e. The van der Waals surface area contributed by atoms with Gasteiger partial charge in [-0.25, -0.2) is 0 Å². The summed E-state index contributed by atoms with van der Waals surface area (Å²) in [6.07, 6.45) is 11.2. The summed E-state index contributed by atoms with van der Waals surface area (Å²) in [6.45, 7) is 10.9. The first-order chi connectivity index (χ1) is 9.22. The SMILES string of the molecule is CCCCN1CC(C(C)CC)NCC12CCCCC2. The summed E-state index contributed by atoms with van der Waals surface area (Å²) in [7, 11) is 0. The van der Waals surface area contributed by atoms with E-state index in [4.69, 9.17) is 0 Å².